The predicted octanol–water partition coefficient (Wildman–Crippen LogP) is 1.39. The molecule has 0 bridgehead atoms. The van der Waals surface area contributed by atoms with E-state index in [9.17, 15) is 14.7 Å². The number of urea groups is 1. The molecule has 5 nitrogen and oxygen atoms in total. The molecular formula is C11H20N2O3S. The van der Waals surface area contributed by atoms with Crippen molar-refractivity contribution in [2.75, 3.05) is 25.1 Å². The maximum absolute atomic E-state index is 11.9. The normalized spacial score (nSPS) is 23.8. The maximum Gasteiger partial charge on any atom is 0.329 e. The Balaban J connectivity index is 2.48. The van der Waals surface area contributed by atoms with Crippen LogP contribution in [-0.4, -0.2) is 52.6 Å². The SMILES string of the molecule is CSCCCNC(=O)N1CCCC1(C)C(=O)O. The van der Waals surface area contributed by atoms with Crippen LogP contribution in [0.25, 0.3) is 0 Å². The summed E-state index contributed by atoms with van der Waals surface area (Å²) >= 11 is 1.73. The Morgan fingerprint density at radius 2 is 2.24 bits per heavy atom. The number of carboxylic acids is 1. The van der Waals surface area contributed by atoms with Gasteiger partial charge < -0.3 is 15.3 Å². The van der Waals surface area contributed by atoms with E-state index < -0.39 is 11.5 Å². The van der Waals surface area contributed by atoms with E-state index in [1.165, 1.54) is 4.90 Å². The third-order valence-electron chi connectivity index (χ3n) is 3.15. The summed E-state index contributed by atoms with van der Waals surface area (Å²) in [4.78, 5) is 24.5. The first-order valence-corrected chi connectivity index (χ1v) is 7.19. The molecule has 1 aliphatic rings. The molecule has 98 valence electrons. The van der Waals surface area contributed by atoms with Gasteiger partial charge in [-0.3, -0.25) is 0 Å². The first-order valence-electron chi connectivity index (χ1n) is 5.80. The molecule has 0 saturated carbocycles. The maximum atomic E-state index is 11.9. The first-order chi connectivity index (χ1) is 8.02. The first kappa shape index (κ1) is 14.2. The van der Waals surface area contributed by atoms with Gasteiger partial charge in [-0.05, 0) is 38.2 Å². The van der Waals surface area contributed by atoms with Crippen LogP contribution in [0.4, 0.5) is 4.79 Å². The summed E-state index contributed by atoms with van der Waals surface area (Å²) in [7, 11) is 0. The second kappa shape index (κ2) is 6.14. The molecule has 1 atom stereocenters. The largest absolute Gasteiger partial charge is 0.480 e. The highest BCUT2D eigenvalue weighted by molar-refractivity contribution is 7.98. The predicted molar refractivity (Wildman–Crippen MR) is 68.4 cm³/mol. The van der Waals surface area contributed by atoms with Gasteiger partial charge in [-0.1, -0.05) is 0 Å². The summed E-state index contributed by atoms with van der Waals surface area (Å²) in [5, 5.41) is 12.0. The van der Waals surface area contributed by atoms with E-state index in [-0.39, 0.29) is 6.03 Å². The number of hydrogen-bond acceptors (Lipinski definition) is 3. The van der Waals surface area contributed by atoms with Gasteiger partial charge in [0.2, 0.25) is 0 Å². The van der Waals surface area contributed by atoms with Gasteiger partial charge in [0.05, 0.1) is 0 Å². The van der Waals surface area contributed by atoms with Crippen LogP contribution in [0.15, 0.2) is 0 Å². The summed E-state index contributed by atoms with van der Waals surface area (Å²) in [6.45, 7) is 2.74. The Kier molecular flexibility index (Phi) is 5.11. The minimum absolute atomic E-state index is 0.256. The summed E-state index contributed by atoms with van der Waals surface area (Å²) in [5.74, 6) is 0.0745. The van der Waals surface area contributed by atoms with E-state index in [1.807, 2.05) is 6.26 Å². The van der Waals surface area contributed by atoms with Gasteiger partial charge >= 0.3 is 12.0 Å². The van der Waals surface area contributed by atoms with E-state index >= 15 is 0 Å². The number of aliphatic carboxylic acids is 1. The zero-order valence-corrected chi connectivity index (χ0v) is 11.2. The van der Waals surface area contributed by atoms with Gasteiger partial charge in [-0.25, -0.2) is 9.59 Å². The Morgan fingerprint density at radius 3 is 2.82 bits per heavy atom. The van der Waals surface area contributed by atoms with Crippen molar-refractivity contribution < 1.29 is 14.7 Å². The van der Waals surface area contributed by atoms with E-state index in [4.69, 9.17) is 0 Å². The number of carbonyl (C=O) groups is 2. The van der Waals surface area contributed by atoms with Crippen molar-refractivity contribution >= 4 is 23.8 Å². The van der Waals surface area contributed by atoms with Crippen molar-refractivity contribution in [1.29, 1.82) is 0 Å². The van der Waals surface area contributed by atoms with Crippen molar-refractivity contribution in [1.82, 2.24) is 10.2 Å². The van der Waals surface area contributed by atoms with Crippen molar-refractivity contribution in [2.45, 2.75) is 31.7 Å². The molecule has 6 heteroatoms. The highest BCUT2D eigenvalue weighted by Crippen LogP contribution is 2.29. The molecule has 0 spiro atoms. The molecule has 1 saturated heterocycles. The zero-order chi connectivity index (χ0) is 12.9. The molecule has 1 heterocycles. The Hall–Kier alpha value is -0.910. The van der Waals surface area contributed by atoms with E-state index in [1.54, 1.807) is 18.7 Å². The molecule has 1 rings (SSSR count). The number of carbonyl (C=O) groups excluding carboxylic acids is 1. The number of hydrogen-bond donors (Lipinski definition) is 2. The fourth-order valence-electron chi connectivity index (χ4n) is 2.02. The van der Waals surface area contributed by atoms with Crippen LogP contribution in [0.5, 0.6) is 0 Å². The molecule has 0 radical (unpaired) electrons. The van der Waals surface area contributed by atoms with E-state index in [0.717, 1.165) is 18.6 Å². The van der Waals surface area contributed by atoms with Crippen LogP contribution in [0.2, 0.25) is 0 Å². The second-order valence-corrected chi connectivity index (χ2v) is 5.40. The molecule has 0 aromatic rings. The number of carboxylic acid groups (broad SMARTS) is 1. The minimum atomic E-state index is -1.04. The average Bonchev–Trinajstić information content (AvgIpc) is 2.68. The monoisotopic (exact) mass is 260 g/mol. The number of thioether (sulfide) groups is 1. The third kappa shape index (κ3) is 3.28. The number of nitrogens with zero attached hydrogens (tertiary/aromatic N) is 1. The molecule has 0 aromatic carbocycles. The molecule has 1 unspecified atom stereocenters. The fraction of sp³-hybridized carbons (Fsp3) is 0.818. The van der Waals surface area contributed by atoms with E-state index in [0.29, 0.717) is 19.5 Å². The summed E-state index contributed by atoms with van der Waals surface area (Å²) in [5.41, 5.74) is -1.04. The Labute approximate surface area is 106 Å². The summed E-state index contributed by atoms with van der Waals surface area (Å²) in [6.07, 6.45) is 4.20. The molecule has 0 aromatic heterocycles. The smallest absolute Gasteiger partial charge is 0.329 e. The van der Waals surface area contributed by atoms with Gasteiger partial charge in [-0.2, -0.15) is 11.8 Å². The Morgan fingerprint density at radius 1 is 1.53 bits per heavy atom. The van der Waals surface area contributed by atoms with Crippen LogP contribution < -0.4 is 5.32 Å². The lowest BCUT2D eigenvalue weighted by Crippen LogP contribution is -2.54. The van der Waals surface area contributed by atoms with Crippen molar-refractivity contribution in [2.24, 2.45) is 0 Å². The topological polar surface area (TPSA) is 69.6 Å². The second-order valence-electron chi connectivity index (χ2n) is 4.41. The molecule has 0 aliphatic carbocycles. The average molecular weight is 260 g/mol. The molecule has 17 heavy (non-hydrogen) atoms. The lowest BCUT2D eigenvalue weighted by atomic mass is 10.00. The van der Waals surface area contributed by atoms with E-state index in [2.05, 4.69) is 5.32 Å². The fourth-order valence-corrected chi connectivity index (χ4v) is 2.45. The third-order valence-corrected chi connectivity index (χ3v) is 3.85. The number of likely N-dealkylation sites (tertiary alicyclic amines) is 1. The van der Waals surface area contributed by atoms with Gasteiger partial charge in [0.15, 0.2) is 0 Å². The summed E-state index contributed by atoms with van der Waals surface area (Å²) in [6, 6.07) is -0.256. The van der Waals surface area contributed by atoms with Crippen molar-refractivity contribution in [3.8, 4) is 0 Å². The van der Waals surface area contributed by atoms with Gasteiger partial charge in [0.1, 0.15) is 5.54 Å². The van der Waals surface area contributed by atoms with Gasteiger partial charge in [0, 0.05) is 13.1 Å². The molecule has 2 amide bonds. The quantitative estimate of drug-likeness (QED) is 0.733. The van der Waals surface area contributed by atoms with Crippen molar-refractivity contribution in [3.05, 3.63) is 0 Å². The summed E-state index contributed by atoms with van der Waals surface area (Å²) < 4.78 is 0. The lowest BCUT2D eigenvalue weighted by Gasteiger charge is -2.31. The molecule has 1 aliphatic heterocycles. The highest BCUT2D eigenvalue weighted by Gasteiger charge is 2.45. The molecule has 2 N–H and O–H groups in total. The van der Waals surface area contributed by atoms with Gasteiger partial charge in [-0.15, -0.1) is 0 Å². The van der Waals surface area contributed by atoms with Crippen LogP contribution in [0, 0.1) is 0 Å². The number of rotatable bonds is 5. The number of amides is 2. The minimum Gasteiger partial charge on any atom is -0.480 e. The Bertz CT molecular complexity index is 298. The molecule has 1 fully saturated rings. The van der Waals surface area contributed by atoms with Crippen molar-refractivity contribution in [3.63, 3.8) is 0 Å². The van der Waals surface area contributed by atoms with Crippen LogP contribution in [0.1, 0.15) is 26.2 Å². The lowest BCUT2D eigenvalue weighted by molar-refractivity contribution is -0.147. The van der Waals surface area contributed by atoms with Crippen LogP contribution >= 0.6 is 11.8 Å². The molecular weight excluding hydrogens is 240 g/mol. The standard InChI is InChI=1S/C11H20N2O3S/c1-11(9(14)15)5-3-7-13(11)10(16)12-6-4-8-17-2/h3-8H2,1-2H3,(H,12,16)(H,14,15). The highest BCUT2D eigenvalue weighted by atomic mass is 32.2. The zero-order valence-electron chi connectivity index (χ0n) is 10.4. The van der Waals surface area contributed by atoms with Crippen LogP contribution in [0.3, 0.4) is 0 Å². The van der Waals surface area contributed by atoms with Gasteiger partial charge in [0.25, 0.3) is 0 Å². The van der Waals surface area contributed by atoms with Crippen LogP contribution in [-0.2, 0) is 4.79 Å². The number of nitrogens with one attached hydrogen (secondary N) is 1.